The predicted molar refractivity (Wildman–Crippen MR) is 91.1 cm³/mol. The van der Waals surface area contributed by atoms with Crippen LogP contribution < -0.4 is 5.32 Å². The van der Waals surface area contributed by atoms with E-state index in [1.54, 1.807) is 0 Å². The summed E-state index contributed by atoms with van der Waals surface area (Å²) in [5.41, 5.74) is 1.33. The fourth-order valence-electron chi connectivity index (χ4n) is 3.25. The molecule has 0 spiro atoms. The van der Waals surface area contributed by atoms with Crippen LogP contribution in [0.2, 0.25) is 0 Å². The van der Waals surface area contributed by atoms with Gasteiger partial charge in [0.05, 0.1) is 0 Å². The van der Waals surface area contributed by atoms with Crippen LogP contribution in [-0.2, 0) is 4.79 Å². The van der Waals surface area contributed by atoms with Crippen LogP contribution in [0.15, 0.2) is 48.5 Å². The van der Waals surface area contributed by atoms with Gasteiger partial charge in [0.15, 0.2) is 0 Å². The van der Waals surface area contributed by atoms with Gasteiger partial charge in [-0.3, -0.25) is 4.79 Å². The van der Waals surface area contributed by atoms with E-state index in [9.17, 15) is 18.7 Å². The van der Waals surface area contributed by atoms with E-state index >= 15 is 0 Å². The van der Waals surface area contributed by atoms with Gasteiger partial charge >= 0.3 is 0 Å². The standard InChI is InChI=1S/C20H21F2NO2/c21-15-6-7-19(22)17(10-15)16-11-18(16)20(25)23-12-14(8-9-24)13-4-2-1-3-5-13/h1-7,10,14,16,18,24H,8-9,11-12H2,(H,23,25). The van der Waals surface area contributed by atoms with Gasteiger partial charge in [0.1, 0.15) is 11.6 Å². The Morgan fingerprint density at radius 3 is 2.68 bits per heavy atom. The Morgan fingerprint density at radius 1 is 1.20 bits per heavy atom. The molecule has 2 aromatic carbocycles. The molecular weight excluding hydrogens is 324 g/mol. The average molecular weight is 345 g/mol. The summed E-state index contributed by atoms with van der Waals surface area (Å²) in [5, 5.41) is 12.1. The molecule has 2 N–H and O–H groups in total. The monoisotopic (exact) mass is 345 g/mol. The van der Waals surface area contributed by atoms with Crippen LogP contribution in [0.3, 0.4) is 0 Å². The molecule has 3 rings (SSSR count). The summed E-state index contributed by atoms with van der Waals surface area (Å²) < 4.78 is 27.1. The molecule has 3 nitrogen and oxygen atoms in total. The Kier molecular flexibility index (Phi) is 5.43. The lowest BCUT2D eigenvalue weighted by Crippen LogP contribution is -2.30. The van der Waals surface area contributed by atoms with E-state index in [1.165, 1.54) is 6.07 Å². The van der Waals surface area contributed by atoms with Crippen LogP contribution in [0.4, 0.5) is 8.78 Å². The maximum absolute atomic E-state index is 13.8. The Morgan fingerprint density at radius 2 is 1.96 bits per heavy atom. The highest BCUT2D eigenvalue weighted by Crippen LogP contribution is 2.48. The Labute approximate surface area is 145 Å². The van der Waals surface area contributed by atoms with Crippen LogP contribution in [0, 0.1) is 17.6 Å². The van der Waals surface area contributed by atoms with Crippen molar-refractivity contribution in [2.45, 2.75) is 24.7 Å². The van der Waals surface area contributed by atoms with E-state index in [2.05, 4.69) is 5.32 Å². The third-order valence-electron chi connectivity index (χ3n) is 4.76. The first kappa shape index (κ1) is 17.5. The number of nitrogens with one attached hydrogen (secondary N) is 1. The molecule has 0 aromatic heterocycles. The molecule has 0 bridgehead atoms. The zero-order valence-electron chi connectivity index (χ0n) is 13.8. The van der Waals surface area contributed by atoms with Crippen molar-refractivity contribution in [3.05, 3.63) is 71.3 Å². The van der Waals surface area contributed by atoms with Gasteiger partial charge in [0.2, 0.25) is 5.91 Å². The van der Waals surface area contributed by atoms with E-state index in [-0.39, 0.29) is 35.8 Å². The van der Waals surface area contributed by atoms with Crippen molar-refractivity contribution in [2.75, 3.05) is 13.2 Å². The molecule has 25 heavy (non-hydrogen) atoms. The third-order valence-corrected chi connectivity index (χ3v) is 4.76. The number of amides is 1. The largest absolute Gasteiger partial charge is 0.396 e. The molecule has 0 radical (unpaired) electrons. The molecule has 1 amide bonds. The first-order valence-electron chi connectivity index (χ1n) is 8.48. The molecule has 3 unspecified atom stereocenters. The molecular formula is C20H21F2NO2. The van der Waals surface area contributed by atoms with E-state index in [1.807, 2.05) is 30.3 Å². The molecule has 1 aliphatic rings. The van der Waals surface area contributed by atoms with Crippen molar-refractivity contribution in [2.24, 2.45) is 5.92 Å². The second-order valence-electron chi connectivity index (χ2n) is 6.48. The Bertz CT molecular complexity index is 736. The summed E-state index contributed by atoms with van der Waals surface area (Å²) in [6, 6.07) is 13.0. The summed E-state index contributed by atoms with van der Waals surface area (Å²) >= 11 is 0. The van der Waals surface area contributed by atoms with Gasteiger partial charge in [-0.15, -0.1) is 0 Å². The van der Waals surface area contributed by atoms with Crippen molar-refractivity contribution >= 4 is 5.91 Å². The molecule has 0 heterocycles. The van der Waals surface area contributed by atoms with Crippen molar-refractivity contribution in [1.82, 2.24) is 5.32 Å². The second kappa shape index (κ2) is 7.74. The van der Waals surface area contributed by atoms with Crippen LogP contribution in [0.25, 0.3) is 0 Å². The molecule has 2 aromatic rings. The van der Waals surface area contributed by atoms with Crippen molar-refractivity contribution in [3.8, 4) is 0 Å². The maximum atomic E-state index is 13.8. The van der Waals surface area contributed by atoms with E-state index in [4.69, 9.17) is 0 Å². The summed E-state index contributed by atoms with van der Waals surface area (Å²) in [6.45, 7) is 0.453. The Hall–Kier alpha value is -2.27. The number of hydrogen-bond acceptors (Lipinski definition) is 2. The summed E-state index contributed by atoms with van der Waals surface area (Å²) in [5.74, 6) is -1.66. The summed E-state index contributed by atoms with van der Waals surface area (Å²) in [7, 11) is 0. The van der Waals surface area contributed by atoms with E-state index in [0.29, 0.717) is 19.4 Å². The van der Waals surface area contributed by atoms with Gasteiger partial charge in [-0.25, -0.2) is 8.78 Å². The zero-order chi connectivity index (χ0) is 17.8. The number of carbonyl (C=O) groups excluding carboxylic acids is 1. The first-order chi connectivity index (χ1) is 12.1. The minimum absolute atomic E-state index is 0.0262. The SMILES string of the molecule is O=C(NCC(CCO)c1ccccc1)C1CC1c1cc(F)ccc1F. The summed E-state index contributed by atoms with van der Waals surface area (Å²) in [6.07, 6.45) is 1.08. The Balaban J connectivity index is 1.59. The molecule has 1 fully saturated rings. The smallest absolute Gasteiger partial charge is 0.223 e. The molecule has 132 valence electrons. The normalized spacial score (nSPS) is 20.1. The highest BCUT2D eigenvalue weighted by molar-refractivity contribution is 5.83. The minimum atomic E-state index is -0.491. The first-order valence-corrected chi connectivity index (χ1v) is 8.48. The third kappa shape index (κ3) is 4.23. The van der Waals surface area contributed by atoms with E-state index in [0.717, 1.165) is 17.7 Å². The second-order valence-corrected chi connectivity index (χ2v) is 6.48. The molecule has 1 aliphatic carbocycles. The van der Waals surface area contributed by atoms with Crippen molar-refractivity contribution in [1.29, 1.82) is 0 Å². The zero-order valence-corrected chi connectivity index (χ0v) is 13.8. The number of carbonyl (C=O) groups is 1. The maximum Gasteiger partial charge on any atom is 0.223 e. The quantitative estimate of drug-likeness (QED) is 0.808. The molecule has 0 saturated heterocycles. The topological polar surface area (TPSA) is 49.3 Å². The van der Waals surface area contributed by atoms with Crippen LogP contribution in [-0.4, -0.2) is 24.2 Å². The molecule has 3 atom stereocenters. The number of rotatable bonds is 7. The predicted octanol–water partition coefficient (Wildman–Crippen LogP) is 3.35. The van der Waals surface area contributed by atoms with E-state index < -0.39 is 11.6 Å². The van der Waals surface area contributed by atoms with Crippen molar-refractivity contribution in [3.63, 3.8) is 0 Å². The minimum Gasteiger partial charge on any atom is -0.396 e. The van der Waals surface area contributed by atoms with Gasteiger partial charge in [0.25, 0.3) is 0 Å². The van der Waals surface area contributed by atoms with Gasteiger partial charge in [-0.2, -0.15) is 0 Å². The highest BCUT2D eigenvalue weighted by atomic mass is 19.1. The van der Waals surface area contributed by atoms with Gasteiger partial charge < -0.3 is 10.4 Å². The highest BCUT2D eigenvalue weighted by Gasteiger charge is 2.45. The fraction of sp³-hybridized carbons (Fsp3) is 0.350. The number of aliphatic hydroxyl groups excluding tert-OH is 1. The van der Waals surface area contributed by atoms with Gasteiger partial charge in [-0.1, -0.05) is 30.3 Å². The van der Waals surface area contributed by atoms with Gasteiger partial charge in [-0.05, 0) is 48.1 Å². The summed E-state index contributed by atoms with van der Waals surface area (Å²) in [4.78, 5) is 12.3. The van der Waals surface area contributed by atoms with Crippen LogP contribution in [0.5, 0.6) is 0 Å². The van der Waals surface area contributed by atoms with Gasteiger partial charge in [0, 0.05) is 25.0 Å². The van der Waals surface area contributed by atoms with Crippen molar-refractivity contribution < 1.29 is 18.7 Å². The number of hydrogen-bond donors (Lipinski definition) is 2. The number of benzene rings is 2. The average Bonchev–Trinajstić information content (AvgIpc) is 3.42. The lowest BCUT2D eigenvalue weighted by molar-refractivity contribution is -0.122. The fourth-order valence-corrected chi connectivity index (χ4v) is 3.25. The van der Waals surface area contributed by atoms with Crippen LogP contribution >= 0.6 is 0 Å². The molecule has 5 heteroatoms. The number of aliphatic hydroxyl groups is 1. The lowest BCUT2D eigenvalue weighted by atomic mass is 9.96. The number of halogens is 2. The molecule has 1 saturated carbocycles. The van der Waals surface area contributed by atoms with Crippen LogP contribution in [0.1, 0.15) is 35.8 Å². The molecule has 0 aliphatic heterocycles. The lowest BCUT2D eigenvalue weighted by Gasteiger charge is -2.17.